The summed E-state index contributed by atoms with van der Waals surface area (Å²) in [4.78, 5) is 0. The molecule has 118 valence electrons. The molecule has 0 heterocycles. The van der Waals surface area contributed by atoms with E-state index in [1.54, 1.807) is 6.07 Å². The highest BCUT2D eigenvalue weighted by Crippen LogP contribution is 2.27. The van der Waals surface area contributed by atoms with Gasteiger partial charge in [0.05, 0.1) is 0 Å². The van der Waals surface area contributed by atoms with Crippen LogP contribution in [0.1, 0.15) is 63.9 Å². The smallest absolute Gasteiger partial charge is 0.123 e. The van der Waals surface area contributed by atoms with Gasteiger partial charge in [0, 0.05) is 6.04 Å². The molecule has 1 unspecified atom stereocenters. The van der Waals surface area contributed by atoms with Crippen LogP contribution in [0.4, 0.5) is 4.39 Å². The summed E-state index contributed by atoms with van der Waals surface area (Å²) in [6.45, 7) is 3.27. The Morgan fingerprint density at radius 1 is 1.19 bits per heavy atom. The molecular weight excluding hydrogens is 261 g/mol. The van der Waals surface area contributed by atoms with Crippen LogP contribution in [-0.4, -0.2) is 12.6 Å². The first kappa shape index (κ1) is 16.5. The lowest BCUT2D eigenvalue weighted by atomic mass is 9.90. The molecule has 1 aliphatic carbocycles. The van der Waals surface area contributed by atoms with Crippen LogP contribution in [0.25, 0.3) is 0 Å². The Kier molecular flexibility index (Phi) is 7.21. The van der Waals surface area contributed by atoms with Gasteiger partial charge < -0.3 is 5.32 Å². The van der Waals surface area contributed by atoms with Crippen LogP contribution < -0.4 is 5.32 Å². The molecule has 1 aliphatic rings. The largest absolute Gasteiger partial charge is 0.314 e. The SMILES string of the molecule is CCCNC(Cc1cccc(F)c1)CC1CCCCCC1. The molecule has 0 bridgehead atoms. The molecule has 1 aromatic carbocycles. The minimum atomic E-state index is -0.115. The van der Waals surface area contributed by atoms with Crippen molar-refractivity contribution in [2.24, 2.45) is 5.92 Å². The van der Waals surface area contributed by atoms with Crippen molar-refractivity contribution in [2.75, 3.05) is 6.54 Å². The van der Waals surface area contributed by atoms with E-state index in [-0.39, 0.29) is 5.82 Å². The molecule has 0 spiro atoms. The lowest BCUT2D eigenvalue weighted by molar-refractivity contribution is 0.349. The molecule has 0 aliphatic heterocycles. The van der Waals surface area contributed by atoms with E-state index >= 15 is 0 Å². The Morgan fingerprint density at radius 3 is 2.62 bits per heavy atom. The summed E-state index contributed by atoms with van der Waals surface area (Å²) in [6, 6.07) is 7.59. The number of nitrogens with one attached hydrogen (secondary N) is 1. The second-order valence-corrected chi connectivity index (χ2v) is 6.58. The van der Waals surface area contributed by atoms with Crippen molar-refractivity contribution >= 4 is 0 Å². The molecule has 2 rings (SSSR count). The van der Waals surface area contributed by atoms with Crippen LogP contribution in [0, 0.1) is 11.7 Å². The number of halogens is 1. The number of hydrogen-bond acceptors (Lipinski definition) is 1. The van der Waals surface area contributed by atoms with E-state index in [4.69, 9.17) is 0 Å². The molecule has 1 N–H and O–H groups in total. The lowest BCUT2D eigenvalue weighted by Crippen LogP contribution is -2.33. The highest BCUT2D eigenvalue weighted by Gasteiger charge is 2.18. The number of rotatable bonds is 7. The Labute approximate surface area is 129 Å². The lowest BCUT2D eigenvalue weighted by Gasteiger charge is -2.24. The van der Waals surface area contributed by atoms with Crippen molar-refractivity contribution < 1.29 is 4.39 Å². The maximum atomic E-state index is 13.4. The summed E-state index contributed by atoms with van der Waals surface area (Å²) in [5, 5.41) is 3.68. The fraction of sp³-hybridized carbons (Fsp3) is 0.684. The highest BCUT2D eigenvalue weighted by atomic mass is 19.1. The number of hydrogen-bond donors (Lipinski definition) is 1. The Bertz CT molecular complexity index is 396. The van der Waals surface area contributed by atoms with Crippen molar-refractivity contribution in [3.63, 3.8) is 0 Å². The van der Waals surface area contributed by atoms with Gasteiger partial charge in [-0.3, -0.25) is 0 Å². The monoisotopic (exact) mass is 291 g/mol. The third-order valence-corrected chi connectivity index (χ3v) is 4.65. The Hall–Kier alpha value is -0.890. The van der Waals surface area contributed by atoms with Crippen LogP contribution in [-0.2, 0) is 6.42 Å². The average Bonchev–Trinajstić information content (AvgIpc) is 2.73. The van der Waals surface area contributed by atoms with Crippen molar-refractivity contribution in [1.29, 1.82) is 0 Å². The van der Waals surface area contributed by atoms with E-state index < -0.39 is 0 Å². The molecule has 0 aromatic heterocycles. The summed E-state index contributed by atoms with van der Waals surface area (Å²) in [7, 11) is 0. The van der Waals surface area contributed by atoms with Gasteiger partial charge in [0.2, 0.25) is 0 Å². The third kappa shape index (κ3) is 6.17. The van der Waals surface area contributed by atoms with Crippen molar-refractivity contribution in [1.82, 2.24) is 5.32 Å². The topological polar surface area (TPSA) is 12.0 Å². The maximum Gasteiger partial charge on any atom is 0.123 e. The molecule has 0 amide bonds. The molecule has 1 nitrogen and oxygen atoms in total. The van der Waals surface area contributed by atoms with Crippen LogP contribution in [0.2, 0.25) is 0 Å². The van der Waals surface area contributed by atoms with Crippen molar-refractivity contribution in [2.45, 2.75) is 70.8 Å². The molecule has 0 saturated heterocycles. The molecule has 1 aromatic rings. The van der Waals surface area contributed by atoms with Gasteiger partial charge in [-0.15, -0.1) is 0 Å². The van der Waals surface area contributed by atoms with E-state index in [9.17, 15) is 4.39 Å². The zero-order chi connectivity index (χ0) is 14.9. The second kappa shape index (κ2) is 9.19. The second-order valence-electron chi connectivity index (χ2n) is 6.58. The van der Waals surface area contributed by atoms with E-state index in [2.05, 4.69) is 18.3 Å². The Morgan fingerprint density at radius 2 is 1.95 bits per heavy atom. The van der Waals surface area contributed by atoms with Gasteiger partial charge >= 0.3 is 0 Å². The van der Waals surface area contributed by atoms with E-state index in [1.165, 1.54) is 51.0 Å². The van der Waals surface area contributed by atoms with Crippen molar-refractivity contribution in [3.05, 3.63) is 35.6 Å². The quantitative estimate of drug-likeness (QED) is 0.689. The van der Waals surface area contributed by atoms with Gasteiger partial charge in [0.15, 0.2) is 0 Å². The van der Waals surface area contributed by atoms with Crippen LogP contribution >= 0.6 is 0 Å². The fourth-order valence-corrected chi connectivity index (χ4v) is 3.54. The molecule has 2 heteroatoms. The van der Waals surface area contributed by atoms with Gasteiger partial charge in [-0.25, -0.2) is 4.39 Å². The molecule has 1 atom stereocenters. The first-order valence-electron chi connectivity index (χ1n) is 8.75. The predicted molar refractivity (Wildman–Crippen MR) is 88.0 cm³/mol. The highest BCUT2D eigenvalue weighted by molar-refractivity contribution is 5.17. The maximum absolute atomic E-state index is 13.4. The molecule has 0 radical (unpaired) electrons. The normalized spacial score (nSPS) is 18.4. The summed E-state index contributed by atoms with van der Waals surface area (Å²) in [5.74, 6) is 0.742. The minimum Gasteiger partial charge on any atom is -0.314 e. The average molecular weight is 291 g/mol. The molecule has 1 fully saturated rings. The molecular formula is C19H30FN. The molecule has 21 heavy (non-hydrogen) atoms. The first-order valence-corrected chi connectivity index (χ1v) is 8.75. The third-order valence-electron chi connectivity index (χ3n) is 4.65. The van der Waals surface area contributed by atoms with Gasteiger partial charge in [0.25, 0.3) is 0 Å². The van der Waals surface area contributed by atoms with Crippen LogP contribution in [0.15, 0.2) is 24.3 Å². The predicted octanol–water partition coefficient (Wildman–Crippen LogP) is 5.10. The summed E-state index contributed by atoms with van der Waals surface area (Å²) < 4.78 is 13.4. The zero-order valence-corrected chi connectivity index (χ0v) is 13.4. The molecule has 1 saturated carbocycles. The van der Waals surface area contributed by atoms with E-state index in [0.717, 1.165) is 30.9 Å². The van der Waals surface area contributed by atoms with Gasteiger partial charge in [0.1, 0.15) is 5.82 Å². The number of benzene rings is 1. The van der Waals surface area contributed by atoms with Crippen molar-refractivity contribution in [3.8, 4) is 0 Å². The van der Waals surface area contributed by atoms with Gasteiger partial charge in [-0.1, -0.05) is 57.6 Å². The summed E-state index contributed by atoms with van der Waals surface area (Å²) >= 11 is 0. The minimum absolute atomic E-state index is 0.115. The summed E-state index contributed by atoms with van der Waals surface area (Å²) in [5.41, 5.74) is 1.12. The van der Waals surface area contributed by atoms with Gasteiger partial charge in [-0.05, 0) is 49.4 Å². The van der Waals surface area contributed by atoms with Gasteiger partial charge in [-0.2, -0.15) is 0 Å². The zero-order valence-electron chi connectivity index (χ0n) is 13.4. The van der Waals surface area contributed by atoms with E-state index in [1.807, 2.05) is 6.07 Å². The Balaban J connectivity index is 1.92. The fourth-order valence-electron chi connectivity index (χ4n) is 3.54. The standard InChI is InChI=1S/C19H30FN/c1-2-12-21-19(14-16-8-5-3-4-6-9-16)15-17-10-7-11-18(20)13-17/h7,10-11,13,16,19,21H,2-6,8-9,12,14-15H2,1H3. The van der Waals surface area contributed by atoms with E-state index in [0.29, 0.717) is 6.04 Å². The summed E-state index contributed by atoms with van der Waals surface area (Å²) in [6.07, 6.45) is 11.7. The first-order chi connectivity index (χ1) is 10.3. The van der Waals surface area contributed by atoms with Crippen LogP contribution in [0.5, 0.6) is 0 Å². The van der Waals surface area contributed by atoms with Crippen LogP contribution in [0.3, 0.4) is 0 Å².